The van der Waals surface area contributed by atoms with Gasteiger partial charge in [-0.25, -0.2) is 4.79 Å². The standard InChI is InChI=1S/C20H23ClN2O4/c1-4-23(5-2)16-9-6-14(7-10-16)20(25)27-13-19(24)22-17-12-15(21)8-11-18(17)26-3/h6-12H,4-5,13H2,1-3H3,(H,22,24). The summed E-state index contributed by atoms with van der Waals surface area (Å²) in [7, 11) is 1.49. The molecule has 0 heterocycles. The molecule has 0 radical (unpaired) electrons. The van der Waals surface area contributed by atoms with Crippen molar-refractivity contribution >= 4 is 34.9 Å². The van der Waals surface area contributed by atoms with Gasteiger partial charge in [-0.05, 0) is 56.3 Å². The zero-order chi connectivity index (χ0) is 19.8. The number of hydrogen-bond acceptors (Lipinski definition) is 5. The highest BCUT2D eigenvalue weighted by Gasteiger charge is 2.13. The lowest BCUT2D eigenvalue weighted by Crippen LogP contribution is -2.22. The quantitative estimate of drug-likeness (QED) is 0.690. The largest absolute Gasteiger partial charge is 0.495 e. The van der Waals surface area contributed by atoms with Gasteiger partial charge in [-0.3, -0.25) is 4.79 Å². The maximum Gasteiger partial charge on any atom is 0.338 e. The fourth-order valence-corrected chi connectivity index (χ4v) is 2.75. The van der Waals surface area contributed by atoms with Gasteiger partial charge in [0.25, 0.3) is 5.91 Å². The second-order valence-electron chi connectivity index (χ2n) is 5.69. The van der Waals surface area contributed by atoms with E-state index in [1.165, 1.54) is 7.11 Å². The van der Waals surface area contributed by atoms with Crippen LogP contribution in [0.1, 0.15) is 24.2 Å². The minimum atomic E-state index is -0.561. The molecule has 0 saturated heterocycles. The molecule has 0 spiro atoms. The molecule has 2 aromatic carbocycles. The predicted octanol–water partition coefficient (Wildman–Crippen LogP) is 3.99. The SMILES string of the molecule is CCN(CC)c1ccc(C(=O)OCC(=O)Nc2cc(Cl)ccc2OC)cc1. The molecular formula is C20H23ClN2O4. The third-order valence-electron chi connectivity index (χ3n) is 4.00. The summed E-state index contributed by atoms with van der Waals surface area (Å²) in [5.74, 6) is -0.580. The number of nitrogens with one attached hydrogen (secondary N) is 1. The minimum Gasteiger partial charge on any atom is -0.495 e. The average molecular weight is 391 g/mol. The van der Waals surface area contributed by atoms with Crippen LogP contribution in [0.25, 0.3) is 0 Å². The number of amides is 1. The summed E-state index contributed by atoms with van der Waals surface area (Å²) in [5.41, 5.74) is 1.83. The zero-order valence-electron chi connectivity index (χ0n) is 15.6. The number of halogens is 1. The van der Waals surface area contributed by atoms with Crippen LogP contribution in [0.15, 0.2) is 42.5 Å². The van der Waals surface area contributed by atoms with E-state index in [0.717, 1.165) is 18.8 Å². The highest BCUT2D eigenvalue weighted by Crippen LogP contribution is 2.27. The lowest BCUT2D eigenvalue weighted by Gasteiger charge is -2.20. The first kappa shape index (κ1) is 20.6. The van der Waals surface area contributed by atoms with Gasteiger partial charge in [0.2, 0.25) is 0 Å². The molecule has 0 aliphatic rings. The minimum absolute atomic E-state index is 0.388. The van der Waals surface area contributed by atoms with Crippen molar-refractivity contribution in [2.75, 3.05) is 37.0 Å². The maximum atomic E-state index is 12.1. The molecule has 6 nitrogen and oxygen atoms in total. The molecule has 27 heavy (non-hydrogen) atoms. The Hall–Kier alpha value is -2.73. The Labute approximate surface area is 164 Å². The molecule has 0 bridgehead atoms. The van der Waals surface area contributed by atoms with Gasteiger partial charge in [0.15, 0.2) is 6.61 Å². The van der Waals surface area contributed by atoms with Gasteiger partial charge in [-0.1, -0.05) is 11.6 Å². The summed E-state index contributed by atoms with van der Waals surface area (Å²) in [6, 6.07) is 12.0. The van der Waals surface area contributed by atoms with E-state index >= 15 is 0 Å². The Bertz CT molecular complexity index is 789. The molecule has 2 aromatic rings. The normalized spacial score (nSPS) is 10.2. The van der Waals surface area contributed by atoms with E-state index in [2.05, 4.69) is 24.1 Å². The van der Waals surface area contributed by atoms with Crippen molar-refractivity contribution < 1.29 is 19.1 Å². The number of nitrogens with zero attached hydrogens (tertiary/aromatic N) is 1. The second-order valence-corrected chi connectivity index (χ2v) is 6.12. The van der Waals surface area contributed by atoms with E-state index < -0.39 is 18.5 Å². The van der Waals surface area contributed by atoms with Crippen LogP contribution in [0.2, 0.25) is 5.02 Å². The summed E-state index contributed by atoms with van der Waals surface area (Å²) in [4.78, 5) is 26.4. The van der Waals surface area contributed by atoms with Crippen LogP contribution in [0.4, 0.5) is 11.4 Å². The summed E-state index contributed by atoms with van der Waals surface area (Å²) < 4.78 is 10.2. The topological polar surface area (TPSA) is 67.9 Å². The van der Waals surface area contributed by atoms with E-state index in [0.29, 0.717) is 22.0 Å². The van der Waals surface area contributed by atoms with Gasteiger partial charge in [-0.2, -0.15) is 0 Å². The molecule has 0 saturated carbocycles. The van der Waals surface area contributed by atoms with E-state index in [9.17, 15) is 9.59 Å². The van der Waals surface area contributed by atoms with Gasteiger partial charge in [0.1, 0.15) is 5.75 Å². The fraction of sp³-hybridized carbons (Fsp3) is 0.300. The lowest BCUT2D eigenvalue weighted by molar-refractivity contribution is -0.119. The number of esters is 1. The zero-order valence-corrected chi connectivity index (χ0v) is 16.4. The highest BCUT2D eigenvalue weighted by molar-refractivity contribution is 6.31. The lowest BCUT2D eigenvalue weighted by atomic mass is 10.2. The van der Waals surface area contributed by atoms with E-state index in [4.69, 9.17) is 21.1 Å². The fourth-order valence-electron chi connectivity index (χ4n) is 2.58. The molecule has 0 aliphatic heterocycles. The van der Waals surface area contributed by atoms with Crippen LogP contribution in [-0.2, 0) is 9.53 Å². The van der Waals surface area contributed by atoms with E-state index in [-0.39, 0.29) is 0 Å². The average Bonchev–Trinajstić information content (AvgIpc) is 2.68. The predicted molar refractivity (Wildman–Crippen MR) is 107 cm³/mol. The Morgan fingerprint density at radius 3 is 2.33 bits per heavy atom. The number of methoxy groups -OCH3 is 1. The summed E-state index contributed by atoms with van der Waals surface area (Å²) in [6.45, 7) is 5.49. The number of hydrogen-bond donors (Lipinski definition) is 1. The van der Waals surface area contributed by atoms with Gasteiger partial charge in [-0.15, -0.1) is 0 Å². The molecule has 0 atom stereocenters. The number of rotatable bonds is 8. The summed E-state index contributed by atoms with van der Waals surface area (Å²) in [5, 5.41) is 3.07. The van der Waals surface area contributed by atoms with Crippen LogP contribution in [0, 0.1) is 0 Å². The van der Waals surface area contributed by atoms with Crippen LogP contribution >= 0.6 is 11.6 Å². The highest BCUT2D eigenvalue weighted by atomic mass is 35.5. The Morgan fingerprint density at radius 2 is 1.74 bits per heavy atom. The van der Waals surface area contributed by atoms with Gasteiger partial charge >= 0.3 is 5.97 Å². The van der Waals surface area contributed by atoms with Crippen molar-refractivity contribution in [3.8, 4) is 5.75 Å². The van der Waals surface area contributed by atoms with Gasteiger partial charge < -0.3 is 19.7 Å². The molecule has 144 valence electrons. The molecule has 7 heteroatoms. The molecule has 2 rings (SSSR count). The summed E-state index contributed by atoms with van der Waals surface area (Å²) >= 11 is 5.93. The van der Waals surface area contributed by atoms with Gasteiger partial charge in [0.05, 0.1) is 18.4 Å². The van der Waals surface area contributed by atoms with Crippen molar-refractivity contribution in [1.29, 1.82) is 0 Å². The molecular weight excluding hydrogens is 368 g/mol. The van der Waals surface area contributed by atoms with Crippen LogP contribution in [0.3, 0.4) is 0 Å². The van der Waals surface area contributed by atoms with Crippen molar-refractivity contribution in [1.82, 2.24) is 0 Å². The van der Waals surface area contributed by atoms with Gasteiger partial charge in [0, 0.05) is 23.8 Å². The Kier molecular flexibility index (Phi) is 7.49. The first-order valence-electron chi connectivity index (χ1n) is 8.64. The van der Waals surface area contributed by atoms with Crippen molar-refractivity contribution in [2.45, 2.75) is 13.8 Å². The molecule has 0 unspecified atom stereocenters. The first-order valence-corrected chi connectivity index (χ1v) is 9.01. The van der Waals surface area contributed by atoms with Crippen LogP contribution in [-0.4, -0.2) is 38.7 Å². The first-order chi connectivity index (χ1) is 13.0. The monoisotopic (exact) mass is 390 g/mol. The molecule has 1 N–H and O–H groups in total. The third-order valence-corrected chi connectivity index (χ3v) is 4.24. The Morgan fingerprint density at radius 1 is 1.07 bits per heavy atom. The third kappa shape index (κ3) is 5.62. The molecule has 1 amide bonds. The maximum absolute atomic E-state index is 12.1. The van der Waals surface area contributed by atoms with E-state index in [1.807, 2.05) is 12.1 Å². The van der Waals surface area contributed by atoms with Crippen LogP contribution < -0.4 is 15.0 Å². The van der Waals surface area contributed by atoms with Crippen molar-refractivity contribution in [2.24, 2.45) is 0 Å². The molecule has 0 aliphatic carbocycles. The molecule has 0 aromatic heterocycles. The van der Waals surface area contributed by atoms with Crippen molar-refractivity contribution in [3.63, 3.8) is 0 Å². The van der Waals surface area contributed by atoms with Crippen LogP contribution in [0.5, 0.6) is 5.75 Å². The number of anilines is 2. The number of carbonyl (C=O) groups excluding carboxylic acids is 2. The smallest absolute Gasteiger partial charge is 0.338 e. The summed E-state index contributed by atoms with van der Waals surface area (Å²) in [6.07, 6.45) is 0. The Balaban J connectivity index is 1.93. The van der Waals surface area contributed by atoms with Crippen molar-refractivity contribution in [3.05, 3.63) is 53.1 Å². The number of carbonyl (C=O) groups is 2. The number of benzene rings is 2. The molecule has 0 fully saturated rings. The number of ether oxygens (including phenoxy) is 2. The van der Waals surface area contributed by atoms with E-state index in [1.54, 1.807) is 30.3 Å². The second kappa shape index (κ2) is 9.83.